The first-order chi connectivity index (χ1) is 6.56. The van der Waals surface area contributed by atoms with E-state index in [1.807, 2.05) is 19.9 Å². The topological polar surface area (TPSA) is 52.3 Å². The molecule has 0 heterocycles. The van der Waals surface area contributed by atoms with E-state index in [2.05, 4.69) is 4.74 Å². The van der Waals surface area contributed by atoms with Crippen molar-refractivity contribution in [2.24, 2.45) is 0 Å². The molecule has 3 heteroatoms. The van der Waals surface area contributed by atoms with Gasteiger partial charge in [0.2, 0.25) is 0 Å². The molecule has 0 saturated carbocycles. The van der Waals surface area contributed by atoms with Crippen molar-refractivity contribution in [1.29, 1.82) is 0 Å². The Morgan fingerprint density at radius 2 is 2.07 bits per heavy atom. The van der Waals surface area contributed by atoms with Crippen LogP contribution >= 0.6 is 0 Å². The number of hydrogen-bond acceptors (Lipinski definition) is 3. The molecule has 0 atom stereocenters. The average Bonchev–Trinajstić information content (AvgIpc) is 2.16. The highest BCUT2D eigenvalue weighted by Gasteiger charge is 2.13. The lowest BCUT2D eigenvalue weighted by atomic mass is 9.96. The summed E-state index contributed by atoms with van der Waals surface area (Å²) in [5, 5.41) is 0. The SMILES string of the molecule is COC(=O)c1ccc(N)cc1C(C)C. The molecule has 0 radical (unpaired) electrons. The van der Waals surface area contributed by atoms with Gasteiger partial charge in [-0.15, -0.1) is 0 Å². The van der Waals surface area contributed by atoms with Gasteiger partial charge in [-0.3, -0.25) is 0 Å². The first kappa shape index (κ1) is 10.6. The van der Waals surface area contributed by atoms with Crippen LogP contribution in [0.5, 0.6) is 0 Å². The Morgan fingerprint density at radius 1 is 1.43 bits per heavy atom. The molecule has 1 rings (SSSR count). The molecule has 14 heavy (non-hydrogen) atoms. The third-order valence-corrected chi connectivity index (χ3v) is 2.10. The molecular weight excluding hydrogens is 178 g/mol. The normalized spacial score (nSPS) is 10.3. The third-order valence-electron chi connectivity index (χ3n) is 2.10. The standard InChI is InChI=1S/C11H15NO2/c1-7(2)10-6-8(12)4-5-9(10)11(13)14-3/h4-7H,12H2,1-3H3. The van der Waals surface area contributed by atoms with Gasteiger partial charge >= 0.3 is 5.97 Å². The molecule has 1 aromatic carbocycles. The highest BCUT2D eigenvalue weighted by molar-refractivity contribution is 5.91. The fourth-order valence-corrected chi connectivity index (χ4v) is 1.35. The lowest BCUT2D eigenvalue weighted by Crippen LogP contribution is -2.07. The number of hydrogen-bond donors (Lipinski definition) is 1. The first-order valence-corrected chi connectivity index (χ1v) is 4.54. The summed E-state index contributed by atoms with van der Waals surface area (Å²) in [5.41, 5.74) is 7.84. The van der Waals surface area contributed by atoms with Crippen molar-refractivity contribution >= 4 is 11.7 Å². The quantitative estimate of drug-likeness (QED) is 0.578. The van der Waals surface area contributed by atoms with Gasteiger partial charge in [-0.1, -0.05) is 13.8 Å². The van der Waals surface area contributed by atoms with Gasteiger partial charge in [0.1, 0.15) is 0 Å². The van der Waals surface area contributed by atoms with Crippen LogP contribution in [-0.4, -0.2) is 13.1 Å². The molecule has 2 N–H and O–H groups in total. The van der Waals surface area contributed by atoms with Crippen molar-refractivity contribution in [3.05, 3.63) is 29.3 Å². The lowest BCUT2D eigenvalue weighted by molar-refractivity contribution is 0.0599. The maximum atomic E-state index is 11.4. The van der Waals surface area contributed by atoms with E-state index in [0.29, 0.717) is 11.3 Å². The van der Waals surface area contributed by atoms with Crippen molar-refractivity contribution in [3.63, 3.8) is 0 Å². The maximum absolute atomic E-state index is 11.4. The molecule has 0 saturated heterocycles. The Bertz CT molecular complexity index is 345. The molecule has 0 aliphatic rings. The van der Waals surface area contributed by atoms with Crippen molar-refractivity contribution in [1.82, 2.24) is 0 Å². The maximum Gasteiger partial charge on any atom is 0.338 e. The van der Waals surface area contributed by atoms with Gasteiger partial charge in [0, 0.05) is 5.69 Å². The van der Waals surface area contributed by atoms with Crippen LogP contribution in [0.2, 0.25) is 0 Å². The molecule has 0 spiro atoms. The van der Waals surface area contributed by atoms with Crippen molar-refractivity contribution in [2.75, 3.05) is 12.8 Å². The van der Waals surface area contributed by atoms with Crippen molar-refractivity contribution < 1.29 is 9.53 Å². The zero-order chi connectivity index (χ0) is 10.7. The second-order valence-electron chi connectivity index (χ2n) is 3.49. The highest BCUT2D eigenvalue weighted by atomic mass is 16.5. The first-order valence-electron chi connectivity index (χ1n) is 4.54. The Hall–Kier alpha value is -1.51. The Labute approximate surface area is 83.9 Å². The molecule has 0 aliphatic carbocycles. The van der Waals surface area contributed by atoms with Crippen LogP contribution in [0, 0.1) is 0 Å². The van der Waals surface area contributed by atoms with Crippen LogP contribution in [0.3, 0.4) is 0 Å². The third kappa shape index (κ3) is 2.05. The predicted octanol–water partition coefficient (Wildman–Crippen LogP) is 2.18. The number of esters is 1. The number of rotatable bonds is 2. The number of carbonyl (C=O) groups excluding carboxylic acids is 1. The van der Waals surface area contributed by atoms with Crippen LogP contribution in [0.15, 0.2) is 18.2 Å². The number of carbonyl (C=O) groups is 1. The van der Waals surface area contributed by atoms with E-state index in [1.165, 1.54) is 7.11 Å². The number of ether oxygens (including phenoxy) is 1. The van der Waals surface area contributed by atoms with E-state index < -0.39 is 0 Å². The largest absolute Gasteiger partial charge is 0.465 e. The van der Waals surface area contributed by atoms with Gasteiger partial charge in [0.15, 0.2) is 0 Å². The van der Waals surface area contributed by atoms with Crippen LogP contribution in [0.1, 0.15) is 35.7 Å². The fraction of sp³-hybridized carbons (Fsp3) is 0.364. The minimum absolute atomic E-state index is 0.257. The molecule has 0 aromatic heterocycles. The van der Waals surface area contributed by atoms with Gasteiger partial charge in [0.25, 0.3) is 0 Å². The minimum atomic E-state index is -0.311. The number of methoxy groups -OCH3 is 1. The summed E-state index contributed by atoms with van der Waals surface area (Å²) in [7, 11) is 1.38. The van der Waals surface area contributed by atoms with Crippen LogP contribution < -0.4 is 5.73 Å². The number of benzene rings is 1. The van der Waals surface area contributed by atoms with Gasteiger partial charge in [-0.2, -0.15) is 0 Å². The molecule has 0 bridgehead atoms. The van der Waals surface area contributed by atoms with Crippen molar-refractivity contribution in [3.8, 4) is 0 Å². The van der Waals surface area contributed by atoms with Gasteiger partial charge < -0.3 is 10.5 Å². The summed E-state index contributed by atoms with van der Waals surface area (Å²) >= 11 is 0. The summed E-state index contributed by atoms with van der Waals surface area (Å²) in [4.78, 5) is 11.4. The summed E-state index contributed by atoms with van der Waals surface area (Å²) in [5.74, 6) is -0.0544. The zero-order valence-corrected chi connectivity index (χ0v) is 8.70. The average molecular weight is 193 g/mol. The smallest absolute Gasteiger partial charge is 0.338 e. The summed E-state index contributed by atoms with van der Waals surface area (Å²) < 4.78 is 4.69. The van der Waals surface area contributed by atoms with E-state index in [1.54, 1.807) is 12.1 Å². The molecule has 0 amide bonds. The fourth-order valence-electron chi connectivity index (χ4n) is 1.35. The Kier molecular flexibility index (Phi) is 3.12. The summed E-state index contributed by atoms with van der Waals surface area (Å²) in [6.45, 7) is 4.03. The second-order valence-corrected chi connectivity index (χ2v) is 3.49. The monoisotopic (exact) mass is 193 g/mol. The van der Waals surface area contributed by atoms with Crippen LogP contribution in [-0.2, 0) is 4.74 Å². The van der Waals surface area contributed by atoms with Gasteiger partial charge in [-0.05, 0) is 29.7 Å². The number of nitrogen functional groups attached to an aromatic ring is 1. The lowest BCUT2D eigenvalue weighted by Gasteiger charge is -2.11. The van der Waals surface area contributed by atoms with Gasteiger partial charge in [0.05, 0.1) is 12.7 Å². The molecule has 0 fully saturated rings. The number of anilines is 1. The Balaban J connectivity index is 3.21. The highest BCUT2D eigenvalue weighted by Crippen LogP contribution is 2.22. The van der Waals surface area contributed by atoms with Crippen molar-refractivity contribution in [2.45, 2.75) is 19.8 Å². The van der Waals surface area contributed by atoms with E-state index in [-0.39, 0.29) is 11.9 Å². The van der Waals surface area contributed by atoms with E-state index in [0.717, 1.165) is 5.56 Å². The van der Waals surface area contributed by atoms with E-state index in [9.17, 15) is 4.79 Å². The summed E-state index contributed by atoms with van der Waals surface area (Å²) in [6, 6.07) is 5.23. The van der Waals surface area contributed by atoms with Crippen LogP contribution in [0.25, 0.3) is 0 Å². The van der Waals surface area contributed by atoms with Gasteiger partial charge in [-0.25, -0.2) is 4.79 Å². The number of nitrogens with two attached hydrogens (primary N) is 1. The molecule has 3 nitrogen and oxygen atoms in total. The minimum Gasteiger partial charge on any atom is -0.465 e. The van der Waals surface area contributed by atoms with E-state index in [4.69, 9.17) is 5.73 Å². The zero-order valence-electron chi connectivity index (χ0n) is 8.70. The van der Waals surface area contributed by atoms with E-state index >= 15 is 0 Å². The predicted molar refractivity (Wildman–Crippen MR) is 56.3 cm³/mol. The molecule has 1 aromatic rings. The Morgan fingerprint density at radius 3 is 2.57 bits per heavy atom. The molecule has 76 valence electrons. The molecule has 0 unspecified atom stereocenters. The summed E-state index contributed by atoms with van der Waals surface area (Å²) in [6.07, 6.45) is 0. The second kappa shape index (κ2) is 4.13. The molecule has 0 aliphatic heterocycles. The molecular formula is C11H15NO2. The van der Waals surface area contributed by atoms with Crippen LogP contribution in [0.4, 0.5) is 5.69 Å².